The number of carbonyl (C=O) groups excluding carboxylic acids is 1. The molecule has 2 aliphatic rings. The van der Waals surface area contributed by atoms with Crippen LogP contribution in [0.15, 0.2) is 47.2 Å². The van der Waals surface area contributed by atoms with E-state index in [2.05, 4.69) is 57.7 Å². The Morgan fingerprint density at radius 3 is 2.66 bits per heavy atom. The fourth-order valence-electron chi connectivity index (χ4n) is 4.40. The molecule has 7 heteroatoms. The topological polar surface area (TPSA) is 64.8 Å². The van der Waals surface area contributed by atoms with E-state index in [0.29, 0.717) is 18.5 Å². The summed E-state index contributed by atoms with van der Waals surface area (Å²) < 4.78 is 4.96. The van der Waals surface area contributed by atoms with Crippen molar-refractivity contribution in [1.29, 1.82) is 0 Å². The third-order valence-electron chi connectivity index (χ3n) is 6.18. The summed E-state index contributed by atoms with van der Waals surface area (Å²) in [5.41, 5.74) is 2.33. The maximum Gasteiger partial charge on any atom is 0.317 e. The molecule has 1 unspecified atom stereocenters. The molecule has 2 fully saturated rings. The van der Waals surface area contributed by atoms with Crippen LogP contribution in [0.1, 0.15) is 30.0 Å². The monoisotopic (exact) mass is 397 g/mol. The molecule has 156 valence electrons. The van der Waals surface area contributed by atoms with Gasteiger partial charge in [-0.1, -0.05) is 35.5 Å². The zero-order valence-electron chi connectivity index (χ0n) is 17.2. The first kappa shape index (κ1) is 19.9. The number of rotatable bonds is 5. The molecule has 7 nitrogen and oxygen atoms in total. The molecule has 1 N–H and O–H groups in total. The summed E-state index contributed by atoms with van der Waals surface area (Å²) in [6, 6.07) is 12.9. The normalized spacial score (nSPS) is 22.0. The Hall–Kier alpha value is -2.38. The van der Waals surface area contributed by atoms with Crippen molar-refractivity contribution >= 4 is 6.03 Å². The Bertz CT molecular complexity index is 759. The zero-order chi connectivity index (χ0) is 20.1. The number of urea groups is 1. The molecule has 1 aromatic carbocycles. The number of likely N-dealkylation sites (tertiary alicyclic amines) is 1. The first-order valence-corrected chi connectivity index (χ1v) is 10.6. The van der Waals surface area contributed by atoms with Gasteiger partial charge in [0.2, 0.25) is 0 Å². The Labute approximate surface area is 172 Å². The van der Waals surface area contributed by atoms with Gasteiger partial charge in [0.05, 0.1) is 5.69 Å². The second-order valence-electron chi connectivity index (χ2n) is 8.24. The summed E-state index contributed by atoms with van der Waals surface area (Å²) >= 11 is 0. The number of nitrogens with one attached hydrogen (secondary N) is 1. The highest BCUT2D eigenvalue weighted by atomic mass is 16.5. The predicted octanol–water partition coefficient (Wildman–Crippen LogP) is 2.38. The molecule has 0 spiro atoms. The van der Waals surface area contributed by atoms with E-state index in [1.807, 2.05) is 11.0 Å². The molecule has 0 radical (unpaired) electrons. The number of carbonyl (C=O) groups is 1. The van der Waals surface area contributed by atoms with Gasteiger partial charge in [-0.2, -0.15) is 0 Å². The van der Waals surface area contributed by atoms with E-state index >= 15 is 0 Å². The zero-order valence-corrected chi connectivity index (χ0v) is 17.2. The summed E-state index contributed by atoms with van der Waals surface area (Å²) in [7, 11) is 2.16. The molecule has 2 aromatic rings. The maximum atomic E-state index is 12.7. The van der Waals surface area contributed by atoms with Gasteiger partial charge in [0, 0.05) is 63.8 Å². The second kappa shape index (κ2) is 9.41. The quantitative estimate of drug-likeness (QED) is 0.839. The van der Waals surface area contributed by atoms with Crippen LogP contribution in [0.25, 0.3) is 0 Å². The van der Waals surface area contributed by atoms with Crippen molar-refractivity contribution in [2.45, 2.75) is 31.3 Å². The largest absolute Gasteiger partial charge is 0.365 e. The minimum absolute atomic E-state index is 0.0523. The number of piperidine rings is 1. The van der Waals surface area contributed by atoms with E-state index in [9.17, 15) is 4.79 Å². The number of likely N-dealkylation sites (N-methyl/N-ethyl adjacent to an activating group) is 1. The van der Waals surface area contributed by atoms with E-state index < -0.39 is 0 Å². The van der Waals surface area contributed by atoms with Gasteiger partial charge in [-0.15, -0.1) is 0 Å². The summed E-state index contributed by atoms with van der Waals surface area (Å²) in [6.45, 7) is 6.20. The number of benzene rings is 1. The fourth-order valence-corrected chi connectivity index (χ4v) is 4.40. The number of nitrogens with zero attached hydrogens (tertiary/aromatic N) is 4. The standard InChI is InChI=1S/C22H31N5O2/c1-25-12-13-27(16-18-5-3-2-4-6-18)20(17-25)15-23-22(28)26-10-7-19(8-11-26)21-9-14-29-24-21/h2-6,9,14,19-20H,7-8,10-13,15-17H2,1H3,(H,23,28). The molecule has 2 aliphatic heterocycles. The SMILES string of the molecule is CN1CCN(Cc2ccccc2)C(CNC(=O)N2CCC(c3ccon3)CC2)C1. The molecule has 0 aliphatic carbocycles. The van der Waals surface area contributed by atoms with E-state index in [0.717, 1.165) is 57.8 Å². The number of piperazine rings is 1. The lowest BCUT2D eigenvalue weighted by atomic mass is 9.94. The third-order valence-corrected chi connectivity index (χ3v) is 6.18. The van der Waals surface area contributed by atoms with Crippen molar-refractivity contribution in [2.24, 2.45) is 0 Å². The van der Waals surface area contributed by atoms with Crippen LogP contribution in [-0.2, 0) is 6.54 Å². The highest BCUT2D eigenvalue weighted by molar-refractivity contribution is 5.74. The van der Waals surface area contributed by atoms with Gasteiger partial charge in [-0.05, 0) is 25.5 Å². The molecule has 1 aromatic heterocycles. The van der Waals surface area contributed by atoms with Crippen molar-refractivity contribution in [3.8, 4) is 0 Å². The lowest BCUT2D eigenvalue weighted by molar-refractivity contribution is 0.0824. The molecular formula is C22H31N5O2. The van der Waals surface area contributed by atoms with Gasteiger partial charge in [0.15, 0.2) is 0 Å². The molecule has 2 saturated heterocycles. The van der Waals surface area contributed by atoms with Gasteiger partial charge in [0.25, 0.3) is 0 Å². The average Bonchev–Trinajstić information content (AvgIpc) is 3.29. The average molecular weight is 398 g/mol. The van der Waals surface area contributed by atoms with Crippen LogP contribution in [0.2, 0.25) is 0 Å². The Kier molecular flexibility index (Phi) is 6.46. The molecule has 0 saturated carbocycles. The first-order chi connectivity index (χ1) is 14.2. The first-order valence-electron chi connectivity index (χ1n) is 10.6. The highest BCUT2D eigenvalue weighted by Crippen LogP contribution is 2.26. The van der Waals surface area contributed by atoms with Crippen molar-refractivity contribution in [2.75, 3.05) is 46.3 Å². The van der Waals surface area contributed by atoms with Gasteiger partial charge in [0.1, 0.15) is 6.26 Å². The number of amides is 2. The van der Waals surface area contributed by atoms with Gasteiger partial charge in [-0.3, -0.25) is 4.90 Å². The summed E-state index contributed by atoms with van der Waals surface area (Å²) in [6.07, 6.45) is 3.50. The fraction of sp³-hybridized carbons (Fsp3) is 0.545. The lowest BCUT2D eigenvalue weighted by Gasteiger charge is -2.40. The van der Waals surface area contributed by atoms with Crippen LogP contribution in [0.5, 0.6) is 0 Å². The van der Waals surface area contributed by atoms with Crippen molar-refractivity contribution in [3.05, 3.63) is 53.9 Å². The van der Waals surface area contributed by atoms with Crippen LogP contribution in [0.3, 0.4) is 0 Å². The maximum absolute atomic E-state index is 12.7. The molecule has 29 heavy (non-hydrogen) atoms. The van der Waals surface area contributed by atoms with E-state index in [4.69, 9.17) is 4.52 Å². The number of aromatic nitrogens is 1. The Morgan fingerprint density at radius 1 is 1.14 bits per heavy atom. The van der Waals surface area contributed by atoms with E-state index in [1.165, 1.54) is 5.56 Å². The van der Waals surface area contributed by atoms with Gasteiger partial charge in [-0.25, -0.2) is 4.79 Å². The third kappa shape index (κ3) is 5.16. The second-order valence-corrected chi connectivity index (χ2v) is 8.24. The summed E-state index contributed by atoms with van der Waals surface area (Å²) in [5, 5.41) is 7.25. The van der Waals surface area contributed by atoms with Crippen molar-refractivity contribution in [3.63, 3.8) is 0 Å². The predicted molar refractivity (Wildman–Crippen MR) is 112 cm³/mol. The molecule has 2 amide bonds. The molecular weight excluding hydrogens is 366 g/mol. The van der Waals surface area contributed by atoms with Crippen molar-refractivity contribution in [1.82, 2.24) is 25.2 Å². The minimum Gasteiger partial charge on any atom is -0.365 e. The van der Waals surface area contributed by atoms with Crippen LogP contribution >= 0.6 is 0 Å². The highest BCUT2D eigenvalue weighted by Gasteiger charge is 2.28. The molecule has 1 atom stereocenters. The van der Waals surface area contributed by atoms with Crippen molar-refractivity contribution < 1.29 is 9.32 Å². The van der Waals surface area contributed by atoms with Gasteiger partial charge >= 0.3 is 6.03 Å². The van der Waals surface area contributed by atoms with Crippen LogP contribution in [-0.4, -0.2) is 78.2 Å². The van der Waals surface area contributed by atoms with E-state index in [1.54, 1.807) is 6.26 Å². The Morgan fingerprint density at radius 2 is 1.93 bits per heavy atom. The number of hydrogen-bond acceptors (Lipinski definition) is 5. The minimum atomic E-state index is 0.0523. The Balaban J connectivity index is 1.27. The van der Waals surface area contributed by atoms with Crippen LogP contribution in [0.4, 0.5) is 4.79 Å². The summed E-state index contributed by atoms with van der Waals surface area (Å²) in [5.74, 6) is 0.395. The van der Waals surface area contributed by atoms with Gasteiger partial charge < -0.3 is 19.6 Å². The molecule has 4 rings (SSSR count). The molecule has 0 bridgehead atoms. The van der Waals surface area contributed by atoms with Crippen LogP contribution < -0.4 is 5.32 Å². The molecule has 3 heterocycles. The summed E-state index contributed by atoms with van der Waals surface area (Å²) in [4.78, 5) is 19.5. The lowest BCUT2D eigenvalue weighted by Crippen LogP contribution is -2.56. The van der Waals surface area contributed by atoms with E-state index in [-0.39, 0.29) is 6.03 Å². The smallest absolute Gasteiger partial charge is 0.317 e. The van der Waals surface area contributed by atoms with Crippen LogP contribution in [0, 0.1) is 0 Å². The number of hydrogen-bond donors (Lipinski definition) is 1.